The molecule has 0 unspecified atom stereocenters. The molecule has 2 rings (SSSR count). The van der Waals surface area contributed by atoms with Crippen LogP contribution >= 0.6 is 0 Å². The predicted molar refractivity (Wildman–Crippen MR) is 84.4 cm³/mol. The number of benzene rings is 1. The molecule has 1 saturated heterocycles. The molecule has 0 radical (unpaired) electrons. The third-order valence-corrected chi connectivity index (χ3v) is 4.14. The number of likely N-dealkylation sites (N-methyl/N-ethyl adjacent to an activating group) is 1. The molecule has 3 nitrogen and oxygen atoms in total. The Morgan fingerprint density at radius 3 is 2.38 bits per heavy atom. The first-order valence-electron chi connectivity index (χ1n) is 7.21. The largest absolute Gasteiger partial charge is 0.491 e. The second kappa shape index (κ2) is 5.91. The molecular weight excluding hydrogens is 268 g/mol. The molecule has 1 aliphatic rings. The van der Waals surface area contributed by atoms with Crippen LogP contribution in [0.25, 0.3) is 6.08 Å². The van der Waals surface area contributed by atoms with Gasteiger partial charge in [0.1, 0.15) is 5.82 Å². The Hall–Kier alpha value is -1.17. The molecule has 0 saturated carbocycles. The first-order chi connectivity index (χ1) is 9.75. The van der Waals surface area contributed by atoms with E-state index in [0.29, 0.717) is 6.54 Å². The summed E-state index contributed by atoms with van der Waals surface area (Å²) in [7, 11) is 1.44. The fourth-order valence-electron chi connectivity index (χ4n) is 2.21. The molecule has 1 aromatic rings. The summed E-state index contributed by atoms with van der Waals surface area (Å²) in [6.07, 6.45) is 1.92. The van der Waals surface area contributed by atoms with E-state index in [1.165, 1.54) is 12.1 Å². The predicted octanol–water partition coefficient (Wildman–Crippen LogP) is 3.06. The minimum Gasteiger partial charge on any atom is -0.400 e. The third-order valence-electron chi connectivity index (χ3n) is 4.14. The van der Waals surface area contributed by atoms with Crippen molar-refractivity contribution in [2.24, 2.45) is 0 Å². The lowest BCUT2D eigenvalue weighted by Crippen LogP contribution is -2.41. The van der Waals surface area contributed by atoms with Crippen LogP contribution in [0.1, 0.15) is 33.3 Å². The summed E-state index contributed by atoms with van der Waals surface area (Å²) in [5, 5.41) is 3.11. The number of hydrogen-bond donors (Lipinski definition) is 1. The highest BCUT2D eigenvalue weighted by Gasteiger charge is 2.52. The van der Waals surface area contributed by atoms with Crippen LogP contribution in [0.3, 0.4) is 0 Å². The van der Waals surface area contributed by atoms with Crippen molar-refractivity contribution in [3.05, 3.63) is 41.1 Å². The lowest BCUT2D eigenvalue weighted by molar-refractivity contribution is 0.00578. The fourth-order valence-corrected chi connectivity index (χ4v) is 2.21. The molecule has 1 fully saturated rings. The van der Waals surface area contributed by atoms with Crippen molar-refractivity contribution in [1.29, 1.82) is 0 Å². The van der Waals surface area contributed by atoms with Crippen LogP contribution in [-0.2, 0) is 9.31 Å². The van der Waals surface area contributed by atoms with E-state index in [4.69, 9.17) is 9.31 Å². The van der Waals surface area contributed by atoms with Crippen molar-refractivity contribution in [2.45, 2.75) is 38.9 Å². The molecule has 0 aromatic heterocycles. The first-order valence-corrected chi connectivity index (χ1v) is 7.21. The van der Waals surface area contributed by atoms with E-state index >= 15 is 0 Å². The lowest BCUT2D eigenvalue weighted by Gasteiger charge is -2.32. The van der Waals surface area contributed by atoms with Gasteiger partial charge in [-0.1, -0.05) is 18.2 Å². The van der Waals surface area contributed by atoms with Crippen LogP contribution in [0.5, 0.6) is 0 Å². The molecule has 1 aromatic carbocycles. The van der Waals surface area contributed by atoms with Gasteiger partial charge in [-0.3, -0.25) is 0 Å². The van der Waals surface area contributed by atoms with E-state index in [-0.39, 0.29) is 17.0 Å². The van der Waals surface area contributed by atoms with Gasteiger partial charge in [-0.05, 0) is 57.9 Å². The number of hydrogen-bond acceptors (Lipinski definition) is 3. The van der Waals surface area contributed by atoms with Gasteiger partial charge in [0.05, 0.1) is 11.2 Å². The maximum Gasteiger partial charge on any atom is 0.491 e. The van der Waals surface area contributed by atoms with Gasteiger partial charge in [0.15, 0.2) is 0 Å². The van der Waals surface area contributed by atoms with Crippen LogP contribution in [0, 0.1) is 5.82 Å². The van der Waals surface area contributed by atoms with E-state index in [9.17, 15) is 4.39 Å². The lowest BCUT2D eigenvalue weighted by atomic mass is 9.77. The van der Waals surface area contributed by atoms with E-state index in [1.54, 1.807) is 6.07 Å². The van der Waals surface area contributed by atoms with Gasteiger partial charge in [-0.2, -0.15) is 0 Å². The van der Waals surface area contributed by atoms with Gasteiger partial charge < -0.3 is 14.6 Å². The summed E-state index contributed by atoms with van der Waals surface area (Å²) in [6, 6.07) is 6.50. The number of nitrogens with one attached hydrogen (secondary N) is 1. The smallest absolute Gasteiger partial charge is 0.400 e. The molecule has 5 heteroatoms. The Balaban J connectivity index is 2.28. The average Bonchev–Trinajstić information content (AvgIpc) is 2.58. The van der Waals surface area contributed by atoms with Crippen LogP contribution in [0.4, 0.5) is 4.39 Å². The van der Waals surface area contributed by atoms with Crippen molar-refractivity contribution in [3.63, 3.8) is 0 Å². The van der Waals surface area contributed by atoms with E-state index in [2.05, 4.69) is 5.32 Å². The molecule has 0 atom stereocenters. The highest BCUT2D eigenvalue weighted by atomic mass is 19.1. The Morgan fingerprint density at radius 2 is 1.86 bits per heavy atom. The summed E-state index contributed by atoms with van der Waals surface area (Å²) in [5.74, 6) is -0.249. The number of rotatable bonds is 4. The van der Waals surface area contributed by atoms with Gasteiger partial charge in [-0.25, -0.2) is 4.39 Å². The Morgan fingerprint density at radius 1 is 1.24 bits per heavy atom. The summed E-state index contributed by atoms with van der Waals surface area (Å²) in [5.41, 5.74) is 0.982. The van der Waals surface area contributed by atoms with Crippen LogP contribution in [0.2, 0.25) is 0 Å². The Labute approximate surface area is 126 Å². The second-order valence-electron chi connectivity index (χ2n) is 6.39. The Kier molecular flexibility index (Phi) is 4.56. The highest BCUT2D eigenvalue weighted by molar-refractivity contribution is 6.55. The van der Waals surface area contributed by atoms with Gasteiger partial charge in [0, 0.05) is 6.54 Å². The van der Waals surface area contributed by atoms with Gasteiger partial charge in [0.25, 0.3) is 0 Å². The van der Waals surface area contributed by atoms with Crippen molar-refractivity contribution >= 4 is 13.2 Å². The van der Waals surface area contributed by atoms with Crippen LogP contribution < -0.4 is 5.32 Å². The van der Waals surface area contributed by atoms with E-state index < -0.39 is 7.12 Å². The monoisotopic (exact) mass is 291 g/mol. The van der Waals surface area contributed by atoms with Gasteiger partial charge in [-0.15, -0.1) is 0 Å². The summed E-state index contributed by atoms with van der Waals surface area (Å²) >= 11 is 0. The Bertz CT molecular complexity index is 527. The summed E-state index contributed by atoms with van der Waals surface area (Å²) in [4.78, 5) is 0. The first kappa shape index (κ1) is 16.2. The molecule has 0 aliphatic carbocycles. The topological polar surface area (TPSA) is 30.5 Å². The minimum atomic E-state index is -0.425. The molecule has 0 bridgehead atoms. The maximum absolute atomic E-state index is 13.3. The van der Waals surface area contributed by atoms with Crippen LogP contribution in [0.15, 0.2) is 29.7 Å². The van der Waals surface area contributed by atoms with Crippen molar-refractivity contribution in [2.75, 3.05) is 13.6 Å². The maximum atomic E-state index is 13.3. The standard InChI is InChI=1S/C16H23BFNO2/c1-15(2)16(3,4)21-17(20-15)13(11-19-5)9-12-7-6-8-14(18)10-12/h6-10,19H,11H2,1-5H3. The molecule has 1 heterocycles. The molecule has 114 valence electrons. The molecule has 21 heavy (non-hydrogen) atoms. The van der Waals surface area contributed by atoms with E-state index in [0.717, 1.165) is 11.0 Å². The minimum absolute atomic E-state index is 0.249. The highest BCUT2D eigenvalue weighted by Crippen LogP contribution is 2.38. The molecule has 1 aliphatic heterocycles. The second-order valence-corrected chi connectivity index (χ2v) is 6.39. The molecular formula is C16H23BFNO2. The molecule has 1 N–H and O–H groups in total. The van der Waals surface area contributed by atoms with Crippen molar-refractivity contribution in [3.8, 4) is 0 Å². The van der Waals surface area contributed by atoms with E-state index in [1.807, 2.05) is 46.9 Å². The normalized spacial score (nSPS) is 20.9. The third kappa shape index (κ3) is 3.54. The number of halogens is 1. The fraction of sp³-hybridized carbons (Fsp3) is 0.500. The SMILES string of the molecule is CNCC(=Cc1cccc(F)c1)B1OC(C)(C)C(C)(C)O1. The average molecular weight is 291 g/mol. The molecule has 0 spiro atoms. The van der Waals surface area contributed by atoms with Crippen LogP contribution in [-0.4, -0.2) is 31.9 Å². The summed E-state index contributed by atoms with van der Waals surface area (Å²) < 4.78 is 25.4. The zero-order valence-corrected chi connectivity index (χ0v) is 13.4. The summed E-state index contributed by atoms with van der Waals surface area (Å²) in [6.45, 7) is 8.70. The molecule has 0 amide bonds. The quantitative estimate of drug-likeness (QED) is 0.865. The zero-order valence-electron chi connectivity index (χ0n) is 13.4. The zero-order chi connectivity index (χ0) is 15.7. The van der Waals surface area contributed by atoms with Crippen molar-refractivity contribution < 1.29 is 13.7 Å². The van der Waals surface area contributed by atoms with Gasteiger partial charge >= 0.3 is 7.12 Å². The van der Waals surface area contributed by atoms with Gasteiger partial charge in [0.2, 0.25) is 0 Å². The van der Waals surface area contributed by atoms with Crippen molar-refractivity contribution in [1.82, 2.24) is 5.32 Å².